The SMILES string of the molecule is O=C(COc1ccccc1)NC1CCN(c2cc(C(F)(F)F)ncn2)CC1. The Morgan fingerprint density at radius 3 is 2.56 bits per heavy atom. The molecule has 144 valence electrons. The van der Waals surface area contributed by atoms with Crippen LogP contribution in [0.5, 0.6) is 5.75 Å². The van der Waals surface area contributed by atoms with Gasteiger partial charge in [0.05, 0.1) is 0 Å². The standard InChI is InChI=1S/C18H19F3N4O2/c19-18(20,21)15-10-16(23-12-22-15)25-8-6-13(7-9-25)24-17(26)11-27-14-4-2-1-3-5-14/h1-5,10,12-13H,6-9,11H2,(H,24,26). The molecule has 9 heteroatoms. The number of amides is 1. The number of halogens is 3. The van der Waals surface area contributed by atoms with Crippen molar-refractivity contribution in [1.82, 2.24) is 15.3 Å². The average Bonchev–Trinajstić information content (AvgIpc) is 2.67. The molecule has 2 aromatic rings. The second-order valence-electron chi connectivity index (χ2n) is 6.19. The topological polar surface area (TPSA) is 67.3 Å². The lowest BCUT2D eigenvalue weighted by Crippen LogP contribution is -2.46. The third-order valence-corrected chi connectivity index (χ3v) is 4.24. The highest BCUT2D eigenvalue weighted by Gasteiger charge is 2.33. The van der Waals surface area contributed by atoms with Gasteiger partial charge in [-0.2, -0.15) is 13.2 Å². The van der Waals surface area contributed by atoms with Crippen LogP contribution in [0.4, 0.5) is 19.0 Å². The fraction of sp³-hybridized carbons (Fsp3) is 0.389. The van der Waals surface area contributed by atoms with Gasteiger partial charge in [-0.05, 0) is 25.0 Å². The van der Waals surface area contributed by atoms with Gasteiger partial charge in [-0.25, -0.2) is 9.97 Å². The molecule has 0 spiro atoms. The minimum absolute atomic E-state index is 0.0444. The van der Waals surface area contributed by atoms with E-state index in [0.29, 0.717) is 31.7 Å². The van der Waals surface area contributed by atoms with Gasteiger partial charge in [0.1, 0.15) is 23.6 Å². The van der Waals surface area contributed by atoms with Gasteiger partial charge in [-0.1, -0.05) is 18.2 Å². The van der Waals surface area contributed by atoms with E-state index in [2.05, 4.69) is 15.3 Å². The Morgan fingerprint density at radius 2 is 1.89 bits per heavy atom. The van der Waals surface area contributed by atoms with Crippen LogP contribution in [0.25, 0.3) is 0 Å². The molecule has 0 bridgehead atoms. The summed E-state index contributed by atoms with van der Waals surface area (Å²) in [5, 5.41) is 2.89. The molecule has 1 aliphatic heterocycles. The number of rotatable bonds is 5. The van der Waals surface area contributed by atoms with Gasteiger partial charge in [0.2, 0.25) is 0 Å². The summed E-state index contributed by atoms with van der Waals surface area (Å²) in [6.07, 6.45) is -2.35. The number of nitrogens with zero attached hydrogens (tertiary/aromatic N) is 3. The first-order valence-electron chi connectivity index (χ1n) is 8.53. The third-order valence-electron chi connectivity index (χ3n) is 4.24. The van der Waals surface area contributed by atoms with Crippen molar-refractivity contribution >= 4 is 11.7 Å². The maximum absolute atomic E-state index is 12.8. The molecule has 0 radical (unpaired) electrons. The van der Waals surface area contributed by atoms with E-state index in [1.54, 1.807) is 17.0 Å². The number of hydrogen-bond acceptors (Lipinski definition) is 5. The molecule has 27 heavy (non-hydrogen) atoms. The number of benzene rings is 1. The van der Waals surface area contributed by atoms with Gasteiger partial charge in [0.25, 0.3) is 5.91 Å². The molecule has 0 unspecified atom stereocenters. The Labute approximate surface area is 154 Å². The largest absolute Gasteiger partial charge is 0.484 e. The van der Waals surface area contributed by atoms with Crippen LogP contribution in [0, 0.1) is 0 Å². The van der Waals surface area contributed by atoms with Crippen molar-refractivity contribution in [2.45, 2.75) is 25.1 Å². The zero-order valence-corrected chi connectivity index (χ0v) is 14.4. The number of ether oxygens (including phenoxy) is 1. The first-order valence-corrected chi connectivity index (χ1v) is 8.53. The van der Waals surface area contributed by atoms with E-state index in [0.717, 1.165) is 12.4 Å². The summed E-state index contributed by atoms with van der Waals surface area (Å²) < 4.78 is 43.7. The monoisotopic (exact) mass is 380 g/mol. The summed E-state index contributed by atoms with van der Waals surface area (Å²) in [6.45, 7) is 0.919. The summed E-state index contributed by atoms with van der Waals surface area (Å²) in [4.78, 5) is 21.0. The average molecular weight is 380 g/mol. The van der Waals surface area contributed by atoms with Crippen LogP contribution in [-0.2, 0) is 11.0 Å². The normalized spacial score (nSPS) is 15.4. The van der Waals surface area contributed by atoms with Gasteiger partial charge < -0.3 is 15.0 Å². The maximum atomic E-state index is 12.8. The molecule has 1 aliphatic rings. The quantitative estimate of drug-likeness (QED) is 0.864. The van der Waals surface area contributed by atoms with Crippen LogP contribution < -0.4 is 15.0 Å². The lowest BCUT2D eigenvalue weighted by atomic mass is 10.0. The first-order chi connectivity index (χ1) is 12.9. The lowest BCUT2D eigenvalue weighted by molar-refractivity contribution is -0.141. The number of hydrogen-bond donors (Lipinski definition) is 1. The van der Waals surface area contributed by atoms with Crippen molar-refractivity contribution in [2.24, 2.45) is 0 Å². The van der Waals surface area contributed by atoms with E-state index >= 15 is 0 Å². The van der Waals surface area contributed by atoms with Gasteiger partial charge in [-0.15, -0.1) is 0 Å². The van der Waals surface area contributed by atoms with Gasteiger partial charge in [0.15, 0.2) is 6.61 Å². The number of carbonyl (C=O) groups is 1. The van der Waals surface area contributed by atoms with Crippen molar-refractivity contribution in [2.75, 3.05) is 24.6 Å². The molecule has 1 saturated heterocycles. The molecule has 1 amide bonds. The van der Waals surface area contributed by atoms with E-state index in [9.17, 15) is 18.0 Å². The van der Waals surface area contributed by atoms with Crippen LogP contribution >= 0.6 is 0 Å². The number of piperidine rings is 1. The van der Waals surface area contributed by atoms with Crippen molar-refractivity contribution in [1.29, 1.82) is 0 Å². The molecule has 1 aromatic heterocycles. The predicted octanol–water partition coefficient (Wildman–Crippen LogP) is 2.66. The second-order valence-corrected chi connectivity index (χ2v) is 6.19. The zero-order valence-electron chi connectivity index (χ0n) is 14.4. The molecule has 3 rings (SSSR count). The smallest absolute Gasteiger partial charge is 0.433 e. The summed E-state index contributed by atoms with van der Waals surface area (Å²) in [5.74, 6) is 0.639. The van der Waals surface area contributed by atoms with E-state index in [1.807, 2.05) is 18.2 Å². The van der Waals surface area contributed by atoms with Crippen LogP contribution in [-0.4, -0.2) is 41.6 Å². The molecule has 1 N–H and O–H groups in total. The highest BCUT2D eigenvalue weighted by molar-refractivity contribution is 5.77. The van der Waals surface area contributed by atoms with Crippen LogP contribution in [0.2, 0.25) is 0 Å². The number of alkyl halides is 3. The minimum atomic E-state index is -4.50. The van der Waals surface area contributed by atoms with E-state index in [-0.39, 0.29) is 24.4 Å². The van der Waals surface area contributed by atoms with E-state index < -0.39 is 11.9 Å². The Morgan fingerprint density at radius 1 is 1.19 bits per heavy atom. The third kappa shape index (κ3) is 5.32. The molecule has 6 nitrogen and oxygen atoms in total. The van der Waals surface area contributed by atoms with E-state index in [1.165, 1.54) is 0 Å². The molecule has 0 aliphatic carbocycles. The van der Waals surface area contributed by atoms with Gasteiger partial charge in [-0.3, -0.25) is 4.79 Å². The molecule has 0 atom stereocenters. The summed E-state index contributed by atoms with van der Waals surface area (Å²) in [7, 11) is 0. The zero-order chi connectivity index (χ0) is 19.3. The van der Waals surface area contributed by atoms with Crippen molar-refractivity contribution in [3.63, 3.8) is 0 Å². The van der Waals surface area contributed by atoms with Gasteiger partial charge in [0, 0.05) is 25.2 Å². The van der Waals surface area contributed by atoms with Crippen molar-refractivity contribution < 1.29 is 22.7 Å². The fourth-order valence-corrected chi connectivity index (χ4v) is 2.86. The van der Waals surface area contributed by atoms with Gasteiger partial charge >= 0.3 is 6.18 Å². The summed E-state index contributed by atoms with van der Waals surface area (Å²) in [5.41, 5.74) is -0.957. The number of aromatic nitrogens is 2. The molecular weight excluding hydrogens is 361 g/mol. The molecule has 2 heterocycles. The number of nitrogens with one attached hydrogen (secondary N) is 1. The Bertz CT molecular complexity index is 763. The van der Waals surface area contributed by atoms with Crippen LogP contribution in [0.1, 0.15) is 18.5 Å². The predicted molar refractivity (Wildman–Crippen MR) is 92.3 cm³/mol. The molecule has 0 saturated carbocycles. The Balaban J connectivity index is 1.47. The Kier molecular flexibility index (Phi) is 5.78. The molecular formula is C18H19F3N4O2. The number of para-hydroxylation sites is 1. The highest BCUT2D eigenvalue weighted by atomic mass is 19.4. The maximum Gasteiger partial charge on any atom is 0.433 e. The fourth-order valence-electron chi connectivity index (χ4n) is 2.86. The van der Waals surface area contributed by atoms with Crippen LogP contribution in [0.15, 0.2) is 42.7 Å². The Hall–Kier alpha value is -2.84. The first kappa shape index (κ1) is 18.9. The van der Waals surface area contributed by atoms with E-state index in [4.69, 9.17) is 4.74 Å². The number of carbonyl (C=O) groups excluding carboxylic acids is 1. The lowest BCUT2D eigenvalue weighted by Gasteiger charge is -2.33. The number of anilines is 1. The minimum Gasteiger partial charge on any atom is -0.484 e. The van der Waals surface area contributed by atoms with Crippen LogP contribution in [0.3, 0.4) is 0 Å². The molecule has 1 aromatic carbocycles. The van der Waals surface area contributed by atoms with Crippen molar-refractivity contribution in [3.05, 3.63) is 48.4 Å². The highest BCUT2D eigenvalue weighted by Crippen LogP contribution is 2.29. The molecule has 1 fully saturated rings. The summed E-state index contributed by atoms with van der Waals surface area (Å²) in [6, 6.07) is 9.94. The second kappa shape index (κ2) is 8.24. The van der Waals surface area contributed by atoms with Crippen molar-refractivity contribution in [3.8, 4) is 5.75 Å². The summed E-state index contributed by atoms with van der Waals surface area (Å²) >= 11 is 0.